The molecule has 0 radical (unpaired) electrons. The van der Waals surface area contributed by atoms with Crippen LogP contribution in [-0.4, -0.2) is 59.1 Å². The summed E-state index contributed by atoms with van der Waals surface area (Å²) < 4.78 is 6.90. The van der Waals surface area contributed by atoms with Crippen molar-refractivity contribution in [3.63, 3.8) is 0 Å². The molecule has 2 heterocycles. The van der Waals surface area contributed by atoms with Gasteiger partial charge in [-0.15, -0.1) is 0 Å². The maximum absolute atomic E-state index is 12.4. The number of aliphatic hydroxyl groups excluding tert-OH is 1. The summed E-state index contributed by atoms with van der Waals surface area (Å²) in [5, 5.41) is 13.9. The quantitative estimate of drug-likeness (QED) is 0.815. The molecule has 0 aliphatic carbocycles. The van der Waals surface area contributed by atoms with Gasteiger partial charge in [0.1, 0.15) is 0 Å². The average Bonchev–Trinajstić information content (AvgIpc) is 2.96. The Morgan fingerprint density at radius 1 is 1.55 bits per heavy atom. The number of likely N-dealkylation sites (tertiary alicyclic amines) is 1. The number of nitrogens with zero attached hydrogens (tertiary/aromatic N) is 3. The molecular weight excluding hydrogens is 282 g/mol. The van der Waals surface area contributed by atoms with Crippen LogP contribution in [0.4, 0.5) is 0 Å². The van der Waals surface area contributed by atoms with E-state index in [4.69, 9.17) is 4.74 Å². The van der Waals surface area contributed by atoms with Crippen molar-refractivity contribution in [1.82, 2.24) is 14.7 Å². The van der Waals surface area contributed by atoms with Crippen molar-refractivity contribution in [2.45, 2.75) is 32.1 Å². The first-order valence-corrected chi connectivity index (χ1v) is 7.94. The van der Waals surface area contributed by atoms with E-state index < -0.39 is 0 Å². The largest absolute Gasteiger partial charge is 0.396 e. The second kappa shape index (κ2) is 7.74. The monoisotopic (exact) mass is 309 g/mol. The topological polar surface area (TPSA) is 67.6 Å². The molecule has 1 aromatic rings. The number of amides is 1. The number of ether oxygens (including phenoxy) is 1. The summed E-state index contributed by atoms with van der Waals surface area (Å²) in [7, 11) is 3.55. The minimum absolute atomic E-state index is 0.114. The van der Waals surface area contributed by atoms with Crippen LogP contribution in [0.1, 0.15) is 31.2 Å². The number of carbonyl (C=O) groups is 1. The SMILES string of the molecule is COCC[C@@]1(CO)CCCN(C(=O)CCc2cnn(C)c2)C1. The molecule has 1 atom stereocenters. The van der Waals surface area contributed by atoms with E-state index in [2.05, 4.69) is 5.10 Å². The van der Waals surface area contributed by atoms with Gasteiger partial charge in [0.25, 0.3) is 0 Å². The Labute approximate surface area is 132 Å². The average molecular weight is 309 g/mol. The van der Waals surface area contributed by atoms with Gasteiger partial charge in [-0.2, -0.15) is 5.10 Å². The Bertz CT molecular complexity index is 489. The molecule has 0 aromatic carbocycles. The molecule has 1 amide bonds. The molecule has 0 saturated carbocycles. The van der Waals surface area contributed by atoms with Gasteiger partial charge in [-0.05, 0) is 31.2 Å². The van der Waals surface area contributed by atoms with Gasteiger partial charge in [0.2, 0.25) is 5.91 Å². The van der Waals surface area contributed by atoms with Crippen molar-refractivity contribution < 1.29 is 14.6 Å². The zero-order valence-corrected chi connectivity index (χ0v) is 13.6. The highest BCUT2D eigenvalue weighted by molar-refractivity contribution is 5.76. The first-order chi connectivity index (χ1) is 10.6. The van der Waals surface area contributed by atoms with Crippen LogP contribution in [0, 0.1) is 5.41 Å². The van der Waals surface area contributed by atoms with Crippen LogP contribution >= 0.6 is 0 Å². The van der Waals surface area contributed by atoms with Crippen molar-refractivity contribution in [2.24, 2.45) is 12.5 Å². The van der Waals surface area contributed by atoms with Gasteiger partial charge in [-0.25, -0.2) is 0 Å². The number of aryl methyl sites for hydroxylation is 2. The Balaban J connectivity index is 1.88. The van der Waals surface area contributed by atoms with Gasteiger partial charge in [0.05, 0.1) is 12.8 Å². The number of aliphatic hydroxyl groups is 1. The minimum Gasteiger partial charge on any atom is -0.396 e. The van der Waals surface area contributed by atoms with Crippen LogP contribution in [0.5, 0.6) is 0 Å². The van der Waals surface area contributed by atoms with E-state index >= 15 is 0 Å². The number of methoxy groups -OCH3 is 1. The summed E-state index contributed by atoms with van der Waals surface area (Å²) in [5.74, 6) is 0.166. The summed E-state index contributed by atoms with van der Waals surface area (Å²) >= 11 is 0. The second-order valence-electron chi connectivity index (χ2n) is 6.34. The van der Waals surface area contributed by atoms with Gasteiger partial charge < -0.3 is 14.7 Å². The highest BCUT2D eigenvalue weighted by Gasteiger charge is 2.36. The third-order valence-corrected chi connectivity index (χ3v) is 4.57. The number of carbonyl (C=O) groups excluding carboxylic acids is 1. The van der Waals surface area contributed by atoms with E-state index in [-0.39, 0.29) is 17.9 Å². The molecule has 1 N–H and O–H groups in total. The van der Waals surface area contributed by atoms with E-state index in [1.165, 1.54) is 0 Å². The van der Waals surface area contributed by atoms with E-state index in [1.54, 1.807) is 18.0 Å². The first kappa shape index (κ1) is 17.0. The number of aromatic nitrogens is 2. The summed E-state index contributed by atoms with van der Waals surface area (Å²) in [4.78, 5) is 14.4. The lowest BCUT2D eigenvalue weighted by atomic mass is 9.78. The fourth-order valence-electron chi connectivity index (χ4n) is 3.16. The zero-order chi connectivity index (χ0) is 16.0. The zero-order valence-electron chi connectivity index (χ0n) is 13.6. The molecule has 1 aliphatic rings. The van der Waals surface area contributed by atoms with Crippen molar-refractivity contribution in [3.8, 4) is 0 Å². The number of rotatable bonds is 7. The van der Waals surface area contributed by atoms with Crippen LogP contribution in [0.25, 0.3) is 0 Å². The van der Waals surface area contributed by atoms with E-state index in [1.807, 2.05) is 18.1 Å². The molecule has 1 fully saturated rings. The fourth-order valence-corrected chi connectivity index (χ4v) is 3.16. The highest BCUT2D eigenvalue weighted by atomic mass is 16.5. The van der Waals surface area contributed by atoms with Crippen molar-refractivity contribution in [3.05, 3.63) is 18.0 Å². The fraction of sp³-hybridized carbons (Fsp3) is 0.750. The Hall–Kier alpha value is -1.40. The molecule has 0 bridgehead atoms. The van der Waals surface area contributed by atoms with Crippen molar-refractivity contribution in [2.75, 3.05) is 33.4 Å². The molecule has 1 aromatic heterocycles. The van der Waals surface area contributed by atoms with Crippen molar-refractivity contribution in [1.29, 1.82) is 0 Å². The van der Waals surface area contributed by atoms with Crippen molar-refractivity contribution >= 4 is 5.91 Å². The van der Waals surface area contributed by atoms with E-state index in [0.29, 0.717) is 26.0 Å². The Kier molecular flexibility index (Phi) is 5.97. The lowest BCUT2D eigenvalue weighted by Crippen LogP contribution is -2.48. The molecule has 22 heavy (non-hydrogen) atoms. The molecule has 6 heteroatoms. The molecule has 1 saturated heterocycles. The first-order valence-electron chi connectivity index (χ1n) is 7.94. The lowest BCUT2D eigenvalue weighted by molar-refractivity contribution is -0.136. The van der Waals surface area contributed by atoms with E-state index in [0.717, 1.165) is 31.4 Å². The van der Waals surface area contributed by atoms with Gasteiger partial charge in [0, 0.05) is 51.9 Å². The summed E-state index contributed by atoms with van der Waals surface area (Å²) in [6.07, 6.45) is 7.67. The predicted molar refractivity (Wildman–Crippen MR) is 83.4 cm³/mol. The maximum Gasteiger partial charge on any atom is 0.222 e. The molecule has 124 valence electrons. The van der Waals surface area contributed by atoms with Gasteiger partial charge in [-0.1, -0.05) is 0 Å². The molecule has 6 nitrogen and oxygen atoms in total. The number of hydrogen-bond donors (Lipinski definition) is 1. The third-order valence-electron chi connectivity index (χ3n) is 4.57. The predicted octanol–water partition coefficient (Wildman–Crippen LogP) is 0.990. The summed E-state index contributed by atoms with van der Waals surface area (Å²) in [5.41, 5.74) is 0.888. The van der Waals surface area contributed by atoms with Crippen LogP contribution in [0.2, 0.25) is 0 Å². The van der Waals surface area contributed by atoms with Gasteiger partial charge >= 0.3 is 0 Å². The van der Waals surface area contributed by atoms with Crippen LogP contribution in [-0.2, 0) is 23.0 Å². The summed E-state index contributed by atoms with van der Waals surface area (Å²) in [6, 6.07) is 0. The van der Waals surface area contributed by atoms with Crippen LogP contribution in [0.3, 0.4) is 0 Å². The molecule has 0 spiro atoms. The summed E-state index contributed by atoms with van der Waals surface area (Å²) in [6.45, 7) is 2.17. The number of hydrogen-bond acceptors (Lipinski definition) is 4. The maximum atomic E-state index is 12.4. The lowest BCUT2D eigenvalue weighted by Gasteiger charge is -2.42. The van der Waals surface area contributed by atoms with Crippen LogP contribution < -0.4 is 0 Å². The van der Waals surface area contributed by atoms with Gasteiger partial charge in [-0.3, -0.25) is 9.48 Å². The highest BCUT2D eigenvalue weighted by Crippen LogP contribution is 2.33. The normalized spacial score (nSPS) is 22.0. The Morgan fingerprint density at radius 3 is 3.00 bits per heavy atom. The van der Waals surface area contributed by atoms with E-state index in [9.17, 15) is 9.90 Å². The van der Waals surface area contributed by atoms with Gasteiger partial charge in [0.15, 0.2) is 0 Å². The second-order valence-corrected chi connectivity index (χ2v) is 6.34. The smallest absolute Gasteiger partial charge is 0.222 e. The standard InChI is InChI=1S/C16H27N3O3/c1-18-11-14(10-17-18)4-5-15(21)19-8-3-6-16(12-19,13-20)7-9-22-2/h10-11,20H,3-9,12-13H2,1-2H3/t16-/m0/s1. The molecular formula is C16H27N3O3. The molecule has 0 unspecified atom stereocenters. The molecule has 2 rings (SSSR count). The third kappa shape index (κ3) is 4.30. The number of piperidine rings is 1. The Morgan fingerprint density at radius 2 is 2.36 bits per heavy atom. The molecule has 1 aliphatic heterocycles. The van der Waals surface area contributed by atoms with Crippen LogP contribution in [0.15, 0.2) is 12.4 Å². The minimum atomic E-state index is -0.196.